The fourth-order valence-electron chi connectivity index (χ4n) is 5.12. The number of anilines is 1. The van der Waals surface area contributed by atoms with Crippen LogP contribution >= 0.6 is 11.6 Å². The van der Waals surface area contributed by atoms with Crippen LogP contribution in [0.2, 0.25) is 5.02 Å². The van der Waals surface area contributed by atoms with Crippen LogP contribution in [0.15, 0.2) is 84.4 Å². The summed E-state index contributed by atoms with van der Waals surface area (Å²) in [7, 11) is 0. The molecular weight excluding hydrogens is 595 g/mol. The first-order valence-electron chi connectivity index (χ1n) is 15.0. The third-order valence-electron chi connectivity index (χ3n) is 7.79. The Labute approximate surface area is 269 Å². The first kappa shape index (κ1) is 33.7. The number of benzene rings is 2. The Morgan fingerprint density at radius 3 is 2.62 bits per heavy atom. The molecule has 0 spiro atoms. The van der Waals surface area contributed by atoms with Gasteiger partial charge in [0, 0.05) is 52.6 Å². The van der Waals surface area contributed by atoms with Crippen molar-refractivity contribution < 1.29 is 23.9 Å². The minimum atomic E-state index is -0.989. The van der Waals surface area contributed by atoms with Crippen LogP contribution in [0.1, 0.15) is 66.2 Å². The standard InChI is InChI=1S/C35H40ClFN4O4/c1-6-26(5)45-39-24(3)20-41(33-18-28(35(42)43)11-10-23(33)2)25(4)21-40-16-14-27(15-17-40)32-8-7-9-34(38-32)44-22-29-12-13-30(36)19-31(29)37/h7-13,18-19,27H,4-6,14-17,20-22H2,1-3H3,(H,42,43)/b39-24+. The van der Waals surface area contributed by atoms with Crippen LogP contribution in [-0.4, -0.2) is 52.9 Å². The van der Waals surface area contributed by atoms with Crippen molar-refractivity contribution in [2.75, 3.05) is 31.1 Å². The van der Waals surface area contributed by atoms with Gasteiger partial charge in [0.2, 0.25) is 5.88 Å². The Kier molecular flexibility index (Phi) is 11.7. The number of nitrogens with zero attached hydrogens (tertiary/aromatic N) is 4. The zero-order valence-electron chi connectivity index (χ0n) is 26.1. The first-order chi connectivity index (χ1) is 21.5. The maximum Gasteiger partial charge on any atom is 0.335 e. The van der Waals surface area contributed by atoms with E-state index in [1.807, 2.05) is 43.9 Å². The average Bonchev–Trinajstić information content (AvgIpc) is 3.02. The van der Waals surface area contributed by atoms with Gasteiger partial charge in [0.05, 0.1) is 17.8 Å². The van der Waals surface area contributed by atoms with Gasteiger partial charge in [-0.1, -0.05) is 55.0 Å². The van der Waals surface area contributed by atoms with E-state index in [9.17, 15) is 14.3 Å². The lowest BCUT2D eigenvalue weighted by atomic mass is 9.93. The normalized spacial score (nSPS) is 14.2. The lowest BCUT2D eigenvalue weighted by Gasteiger charge is -2.35. The minimum Gasteiger partial charge on any atom is -0.478 e. The Bertz CT molecular complexity index is 1570. The van der Waals surface area contributed by atoms with Crippen LogP contribution in [0.3, 0.4) is 0 Å². The highest BCUT2D eigenvalue weighted by molar-refractivity contribution is 6.30. The molecule has 1 saturated heterocycles. The van der Waals surface area contributed by atoms with E-state index in [4.69, 9.17) is 26.2 Å². The Hall–Kier alpha value is -4.21. The van der Waals surface area contributed by atoms with Crippen LogP contribution in [0.5, 0.6) is 5.88 Å². The summed E-state index contributed by atoms with van der Waals surface area (Å²) in [5, 5.41) is 14.2. The molecule has 238 valence electrons. The highest BCUT2D eigenvalue weighted by Gasteiger charge is 2.25. The SMILES string of the molecule is C=C(CC)O/N=C(\C)CN(C(=C)CN1CCC(c2cccc(OCc3ccc(Cl)cc3F)n2)CC1)c1cc(C(=O)O)ccc1C. The van der Waals surface area contributed by atoms with Crippen LogP contribution in [0.4, 0.5) is 10.1 Å². The fourth-order valence-corrected chi connectivity index (χ4v) is 5.28. The first-order valence-corrected chi connectivity index (χ1v) is 15.3. The Morgan fingerprint density at radius 2 is 1.93 bits per heavy atom. The van der Waals surface area contributed by atoms with Crippen molar-refractivity contribution in [2.45, 2.75) is 52.6 Å². The van der Waals surface area contributed by atoms with Gasteiger partial charge in [-0.25, -0.2) is 14.2 Å². The van der Waals surface area contributed by atoms with Crippen molar-refractivity contribution in [2.24, 2.45) is 5.16 Å². The van der Waals surface area contributed by atoms with Crippen molar-refractivity contribution in [1.29, 1.82) is 0 Å². The highest BCUT2D eigenvalue weighted by atomic mass is 35.5. The molecule has 2 heterocycles. The smallest absolute Gasteiger partial charge is 0.335 e. The van der Waals surface area contributed by atoms with Crippen molar-refractivity contribution in [1.82, 2.24) is 9.88 Å². The summed E-state index contributed by atoms with van der Waals surface area (Å²) < 4.78 is 20.0. The van der Waals surface area contributed by atoms with Crippen molar-refractivity contribution in [3.8, 4) is 5.88 Å². The number of rotatable bonds is 14. The summed E-state index contributed by atoms with van der Waals surface area (Å²) in [5.41, 5.74) is 4.79. The van der Waals surface area contributed by atoms with Crippen LogP contribution in [0.25, 0.3) is 0 Å². The number of oxime groups is 1. The van der Waals surface area contributed by atoms with Gasteiger partial charge < -0.3 is 19.6 Å². The molecule has 4 rings (SSSR count). The van der Waals surface area contributed by atoms with Gasteiger partial charge in [0.15, 0.2) is 0 Å². The van der Waals surface area contributed by atoms with Crippen molar-refractivity contribution in [3.05, 3.63) is 112 Å². The average molecular weight is 635 g/mol. The van der Waals surface area contributed by atoms with E-state index >= 15 is 0 Å². The quantitative estimate of drug-likeness (QED) is 0.109. The molecule has 8 nitrogen and oxygen atoms in total. The predicted molar refractivity (Wildman–Crippen MR) is 177 cm³/mol. The maximum absolute atomic E-state index is 14.2. The number of hydrogen-bond acceptors (Lipinski definition) is 7. The van der Waals surface area contributed by atoms with Crippen LogP contribution < -0.4 is 9.64 Å². The van der Waals surface area contributed by atoms with Gasteiger partial charge in [-0.3, -0.25) is 4.90 Å². The lowest BCUT2D eigenvalue weighted by Crippen LogP contribution is -2.39. The van der Waals surface area contributed by atoms with Crippen LogP contribution in [0, 0.1) is 12.7 Å². The third-order valence-corrected chi connectivity index (χ3v) is 8.02. The van der Waals surface area contributed by atoms with Gasteiger partial charge in [-0.2, -0.15) is 0 Å². The van der Waals surface area contributed by atoms with E-state index in [1.165, 1.54) is 6.07 Å². The molecule has 1 aromatic heterocycles. The molecule has 0 aliphatic carbocycles. The molecule has 1 fully saturated rings. The number of likely N-dealkylation sites (tertiary alicyclic amines) is 1. The molecular formula is C35H40ClFN4O4. The van der Waals surface area contributed by atoms with Gasteiger partial charge in [0.25, 0.3) is 0 Å². The number of carbonyl (C=O) groups is 1. The third kappa shape index (κ3) is 9.39. The largest absolute Gasteiger partial charge is 0.478 e. The molecule has 0 bridgehead atoms. The number of pyridine rings is 1. The minimum absolute atomic E-state index is 0.0645. The van der Waals surface area contributed by atoms with E-state index in [-0.39, 0.29) is 18.1 Å². The van der Waals surface area contributed by atoms with E-state index in [1.54, 1.807) is 30.3 Å². The lowest BCUT2D eigenvalue weighted by molar-refractivity contribution is 0.0697. The molecule has 1 aliphatic heterocycles. The maximum atomic E-state index is 14.2. The topological polar surface area (TPSA) is 87.5 Å². The predicted octanol–water partition coefficient (Wildman–Crippen LogP) is 7.98. The summed E-state index contributed by atoms with van der Waals surface area (Å²) >= 11 is 5.85. The summed E-state index contributed by atoms with van der Waals surface area (Å²) in [6, 6.07) is 15.3. The molecule has 0 radical (unpaired) electrons. The van der Waals surface area contributed by atoms with Crippen molar-refractivity contribution >= 4 is 29.0 Å². The molecule has 0 unspecified atom stereocenters. The van der Waals surface area contributed by atoms with Gasteiger partial charge >= 0.3 is 5.97 Å². The number of ether oxygens (including phenoxy) is 1. The van der Waals surface area contributed by atoms with Crippen molar-refractivity contribution in [3.63, 3.8) is 0 Å². The van der Waals surface area contributed by atoms with Crippen LogP contribution in [-0.2, 0) is 11.4 Å². The number of aromatic carboxylic acids is 1. The number of carboxylic acids is 1. The van der Waals surface area contributed by atoms with Gasteiger partial charge in [0.1, 0.15) is 18.2 Å². The number of halogens is 2. The second-order valence-corrected chi connectivity index (χ2v) is 11.7. The molecule has 45 heavy (non-hydrogen) atoms. The molecule has 3 aromatic rings. The van der Waals surface area contributed by atoms with E-state index < -0.39 is 11.8 Å². The number of aryl methyl sites for hydroxylation is 1. The fraction of sp³-hybridized carbons (Fsp3) is 0.343. The van der Waals surface area contributed by atoms with Gasteiger partial charge in [-0.15, -0.1) is 0 Å². The Morgan fingerprint density at radius 1 is 1.18 bits per heavy atom. The summed E-state index contributed by atoms with van der Waals surface area (Å²) in [4.78, 5) is 26.3. The van der Waals surface area contributed by atoms with E-state index in [2.05, 4.69) is 23.2 Å². The molecule has 0 atom stereocenters. The summed E-state index contributed by atoms with van der Waals surface area (Å²) in [5.74, 6) is -0.121. The second-order valence-electron chi connectivity index (χ2n) is 11.2. The molecule has 0 amide bonds. The number of carboxylic acid groups (broad SMARTS) is 1. The zero-order valence-corrected chi connectivity index (χ0v) is 26.8. The monoisotopic (exact) mass is 634 g/mol. The summed E-state index contributed by atoms with van der Waals surface area (Å²) in [6.45, 7) is 16.7. The number of allylic oxidation sites excluding steroid dienone is 1. The molecule has 1 aliphatic rings. The zero-order chi connectivity index (χ0) is 32.5. The highest BCUT2D eigenvalue weighted by Crippen LogP contribution is 2.30. The molecule has 10 heteroatoms. The number of aromatic nitrogens is 1. The molecule has 2 aromatic carbocycles. The molecule has 1 N–H and O–H groups in total. The summed E-state index contributed by atoms with van der Waals surface area (Å²) in [6.07, 6.45) is 2.45. The number of piperidine rings is 1. The van der Waals surface area contributed by atoms with Gasteiger partial charge in [-0.05, 0) is 75.7 Å². The van der Waals surface area contributed by atoms with E-state index in [0.29, 0.717) is 47.4 Å². The van der Waals surface area contributed by atoms with E-state index in [0.717, 1.165) is 48.6 Å². The molecule has 0 saturated carbocycles. The Balaban J connectivity index is 1.41. The number of hydrogen-bond donors (Lipinski definition) is 1. The second kappa shape index (κ2) is 15.7.